The maximum Gasteiger partial charge on any atom is 0.138 e. The fraction of sp³-hybridized carbons (Fsp3) is 0.583. The minimum absolute atomic E-state index is 0.324. The maximum atomic E-state index is 5.71. The Labute approximate surface area is 91.9 Å². The molecule has 84 valence electrons. The van der Waals surface area contributed by atoms with Gasteiger partial charge in [-0.25, -0.2) is 0 Å². The van der Waals surface area contributed by atoms with E-state index in [1.165, 1.54) is 0 Å². The van der Waals surface area contributed by atoms with E-state index in [1.54, 1.807) is 6.20 Å². The molecule has 1 unspecified atom stereocenters. The zero-order valence-electron chi connectivity index (χ0n) is 9.79. The van der Waals surface area contributed by atoms with E-state index in [2.05, 4.69) is 10.3 Å². The van der Waals surface area contributed by atoms with Gasteiger partial charge in [0.1, 0.15) is 11.9 Å². The van der Waals surface area contributed by atoms with Gasteiger partial charge in [-0.1, -0.05) is 13.8 Å². The van der Waals surface area contributed by atoms with Crippen LogP contribution in [-0.4, -0.2) is 24.2 Å². The summed E-state index contributed by atoms with van der Waals surface area (Å²) in [6.45, 7) is 7.98. The van der Waals surface area contributed by atoms with Crippen LogP contribution < -0.4 is 10.1 Å². The second-order valence-corrected chi connectivity index (χ2v) is 3.37. The molecule has 1 fully saturated rings. The van der Waals surface area contributed by atoms with E-state index in [9.17, 15) is 0 Å². The normalized spacial score (nSPS) is 19.3. The Kier molecular flexibility index (Phi) is 5.12. The van der Waals surface area contributed by atoms with E-state index in [1.807, 2.05) is 32.9 Å². The van der Waals surface area contributed by atoms with E-state index in [-0.39, 0.29) is 0 Å². The third-order valence-corrected chi connectivity index (χ3v) is 2.20. The van der Waals surface area contributed by atoms with Crippen molar-refractivity contribution in [2.45, 2.75) is 33.3 Å². The molecule has 1 aromatic rings. The molecule has 0 aliphatic carbocycles. The van der Waals surface area contributed by atoms with E-state index in [4.69, 9.17) is 4.74 Å². The summed E-state index contributed by atoms with van der Waals surface area (Å²) >= 11 is 0. The summed E-state index contributed by atoms with van der Waals surface area (Å²) in [6, 6.07) is 3.94. The lowest BCUT2D eigenvalue weighted by Gasteiger charge is -2.11. The van der Waals surface area contributed by atoms with Crippen molar-refractivity contribution in [1.82, 2.24) is 10.3 Å². The largest absolute Gasteiger partial charge is 0.487 e. The molecule has 1 aliphatic rings. The van der Waals surface area contributed by atoms with Gasteiger partial charge in [-0.3, -0.25) is 4.98 Å². The highest BCUT2D eigenvalue weighted by molar-refractivity contribution is 5.19. The van der Waals surface area contributed by atoms with E-state index < -0.39 is 0 Å². The highest BCUT2D eigenvalue weighted by atomic mass is 16.5. The van der Waals surface area contributed by atoms with Crippen LogP contribution in [0.3, 0.4) is 0 Å². The smallest absolute Gasteiger partial charge is 0.138 e. The average molecular weight is 208 g/mol. The Hall–Kier alpha value is -1.09. The molecule has 0 spiro atoms. The molecule has 3 nitrogen and oxygen atoms in total. The van der Waals surface area contributed by atoms with Crippen molar-refractivity contribution in [2.24, 2.45) is 0 Å². The molecule has 15 heavy (non-hydrogen) atoms. The van der Waals surface area contributed by atoms with Crippen LogP contribution >= 0.6 is 0 Å². The predicted octanol–water partition coefficient (Wildman–Crippen LogP) is 2.16. The van der Waals surface area contributed by atoms with Gasteiger partial charge >= 0.3 is 0 Å². The third kappa shape index (κ3) is 3.88. The summed E-state index contributed by atoms with van der Waals surface area (Å²) in [5.74, 6) is 0.874. The van der Waals surface area contributed by atoms with Gasteiger partial charge in [0.2, 0.25) is 0 Å². The summed E-state index contributed by atoms with van der Waals surface area (Å²) in [7, 11) is 0. The number of aryl methyl sites for hydroxylation is 1. The van der Waals surface area contributed by atoms with Gasteiger partial charge in [0.25, 0.3) is 0 Å². The topological polar surface area (TPSA) is 34.1 Å². The number of pyridine rings is 1. The molecular weight excluding hydrogens is 188 g/mol. The Morgan fingerprint density at radius 3 is 2.73 bits per heavy atom. The van der Waals surface area contributed by atoms with Crippen LogP contribution in [0.25, 0.3) is 0 Å². The molecule has 0 bridgehead atoms. The predicted molar refractivity (Wildman–Crippen MR) is 62.2 cm³/mol. The van der Waals surface area contributed by atoms with Crippen LogP contribution in [0, 0.1) is 6.92 Å². The number of nitrogens with one attached hydrogen (secondary N) is 1. The summed E-state index contributed by atoms with van der Waals surface area (Å²) in [5, 5.41) is 3.26. The van der Waals surface area contributed by atoms with Gasteiger partial charge < -0.3 is 10.1 Å². The van der Waals surface area contributed by atoms with Crippen molar-refractivity contribution >= 4 is 0 Å². The van der Waals surface area contributed by atoms with Crippen LogP contribution in [0.4, 0.5) is 0 Å². The van der Waals surface area contributed by atoms with Crippen molar-refractivity contribution < 1.29 is 4.74 Å². The molecule has 1 atom stereocenters. The Morgan fingerprint density at radius 1 is 1.40 bits per heavy atom. The molecule has 2 heterocycles. The third-order valence-electron chi connectivity index (χ3n) is 2.20. The lowest BCUT2D eigenvalue weighted by Crippen LogP contribution is -2.19. The first-order valence-corrected chi connectivity index (χ1v) is 5.64. The van der Waals surface area contributed by atoms with Gasteiger partial charge in [0.15, 0.2) is 0 Å². The van der Waals surface area contributed by atoms with E-state index in [0.717, 1.165) is 31.0 Å². The second kappa shape index (κ2) is 6.40. The number of nitrogens with zero attached hydrogens (tertiary/aromatic N) is 1. The van der Waals surface area contributed by atoms with Gasteiger partial charge in [0, 0.05) is 12.2 Å². The van der Waals surface area contributed by atoms with Gasteiger partial charge in [-0.15, -0.1) is 0 Å². The van der Waals surface area contributed by atoms with E-state index in [0.29, 0.717) is 6.10 Å². The van der Waals surface area contributed by atoms with Crippen LogP contribution in [0.15, 0.2) is 18.3 Å². The first-order valence-electron chi connectivity index (χ1n) is 5.64. The minimum Gasteiger partial charge on any atom is -0.487 e. The zero-order chi connectivity index (χ0) is 11.1. The van der Waals surface area contributed by atoms with Crippen molar-refractivity contribution in [3.63, 3.8) is 0 Å². The number of hydrogen-bond donors (Lipinski definition) is 1. The Morgan fingerprint density at radius 2 is 2.20 bits per heavy atom. The summed E-state index contributed by atoms with van der Waals surface area (Å²) in [6.07, 6.45) is 3.20. The first kappa shape index (κ1) is 12.0. The fourth-order valence-corrected chi connectivity index (χ4v) is 1.45. The molecule has 0 saturated carbocycles. The summed E-state index contributed by atoms with van der Waals surface area (Å²) in [4.78, 5) is 4.18. The molecule has 0 amide bonds. The quantitative estimate of drug-likeness (QED) is 0.808. The van der Waals surface area contributed by atoms with Crippen LogP contribution in [0.1, 0.15) is 26.0 Å². The highest BCUT2D eigenvalue weighted by Gasteiger charge is 2.15. The van der Waals surface area contributed by atoms with Crippen molar-refractivity contribution in [3.05, 3.63) is 24.0 Å². The number of hydrogen-bond acceptors (Lipinski definition) is 3. The molecule has 2 rings (SSSR count). The lowest BCUT2D eigenvalue weighted by molar-refractivity contribution is 0.222. The average Bonchev–Trinajstić information content (AvgIpc) is 2.77. The van der Waals surface area contributed by atoms with Crippen molar-refractivity contribution in [3.8, 4) is 5.75 Å². The SMILES string of the molecule is CC.Cc1ccc(OC2CCNC2)cn1. The van der Waals surface area contributed by atoms with Crippen LogP contribution in [0.5, 0.6) is 5.75 Å². The summed E-state index contributed by atoms with van der Waals surface area (Å²) in [5.41, 5.74) is 1.02. The molecule has 1 aromatic heterocycles. The van der Waals surface area contributed by atoms with Crippen LogP contribution in [0.2, 0.25) is 0 Å². The second-order valence-electron chi connectivity index (χ2n) is 3.37. The highest BCUT2D eigenvalue weighted by Crippen LogP contribution is 2.13. The monoisotopic (exact) mass is 208 g/mol. The number of ether oxygens (including phenoxy) is 1. The van der Waals surface area contributed by atoms with Gasteiger partial charge in [-0.2, -0.15) is 0 Å². The fourth-order valence-electron chi connectivity index (χ4n) is 1.45. The minimum atomic E-state index is 0.324. The Balaban J connectivity index is 0.000000531. The van der Waals surface area contributed by atoms with Gasteiger partial charge in [0.05, 0.1) is 6.20 Å². The molecule has 0 aromatic carbocycles. The number of rotatable bonds is 2. The molecule has 0 radical (unpaired) electrons. The lowest BCUT2D eigenvalue weighted by atomic mass is 10.3. The maximum absolute atomic E-state index is 5.71. The van der Waals surface area contributed by atoms with Gasteiger partial charge in [-0.05, 0) is 32.0 Å². The molecule has 1 saturated heterocycles. The van der Waals surface area contributed by atoms with Crippen molar-refractivity contribution in [1.29, 1.82) is 0 Å². The molecule has 1 aliphatic heterocycles. The zero-order valence-corrected chi connectivity index (χ0v) is 9.79. The Bertz CT molecular complexity index is 265. The van der Waals surface area contributed by atoms with Crippen molar-refractivity contribution in [2.75, 3.05) is 13.1 Å². The number of aromatic nitrogens is 1. The molecular formula is C12H20N2O. The van der Waals surface area contributed by atoms with E-state index >= 15 is 0 Å². The van der Waals surface area contributed by atoms with Crippen LogP contribution in [-0.2, 0) is 0 Å². The first-order chi connectivity index (χ1) is 7.34. The summed E-state index contributed by atoms with van der Waals surface area (Å²) < 4.78 is 5.71. The molecule has 3 heteroatoms. The standard InChI is InChI=1S/C10H14N2O.C2H6/c1-8-2-3-9(7-12-8)13-10-4-5-11-6-10;1-2/h2-3,7,10-11H,4-6H2,1H3;1-2H3. The molecule has 1 N–H and O–H groups in total.